The number of Topliss-reactive ketones (excluding diaryl/α,β-unsaturated/α-hetero) is 1. The largest absolute Gasteiger partial charge is 0.643 e. The van der Waals surface area contributed by atoms with E-state index in [-0.39, 0.29) is 11.7 Å². The molecule has 1 nitrogen and oxygen atoms in total. The highest BCUT2D eigenvalue weighted by molar-refractivity contribution is 7.98. The van der Waals surface area contributed by atoms with Crippen LogP contribution < -0.4 is 0 Å². The van der Waals surface area contributed by atoms with Gasteiger partial charge in [0.25, 0.3) is 0 Å². The van der Waals surface area contributed by atoms with Crippen molar-refractivity contribution in [3.8, 4) is 0 Å². The first kappa shape index (κ1) is 17.6. The molecule has 0 aromatic heterocycles. The predicted molar refractivity (Wildman–Crippen MR) is 80.7 cm³/mol. The summed E-state index contributed by atoms with van der Waals surface area (Å²) in [4.78, 5) is 12.7. The van der Waals surface area contributed by atoms with Gasteiger partial charge in [-0.2, -0.15) is 0 Å². The molecule has 0 radical (unpaired) electrons. The number of benzene rings is 1. The Balaban J connectivity index is 0.000000557. The van der Waals surface area contributed by atoms with E-state index in [1.807, 2.05) is 44.4 Å². The van der Waals surface area contributed by atoms with E-state index >= 15 is 0 Å². The molecule has 0 saturated carbocycles. The molecule has 0 aliphatic heterocycles. The third kappa shape index (κ3) is 8.37. The highest BCUT2D eigenvalue weighted by atomic mass is 35.8. The highest BCUT2D eigenvalue weighted by Gasteiger charge is 2.09. The topological polar surface area (TPSA) is 17.1 Å². The van der Waals surface area contributed by atoms with Gasteiger partial charge in [-0.05, 0) is 18.4 Å². The number of hydrogen-bond acceptors (Lipinski definition) is 2. The lowest BCUT2D eigenvalue weighted by atomic mass is 10.0. The number of hydrogen-bond donors (Lipinski definition) is 0. The van der Waals surface area contributed by atoms with E-state index in [9.17, 15) is 4.79 Å². The van der Waals surface area contributed by atoms with Crippen LogP contribution in [0.3, 0.4) is 0 Å². The summed E-state index contributed by atoms with van der Waals surface area (Å²) in [5.41, 5.74) is 0.813. The Kier molecular flexibility index (Phi) is 9.92. The van der Waals surface area contributed by atoms with Crippen molar-refractivity contribution in [3.05, 3.63) is 29.8 Å². The van der Waals surface area contributed by atoms with Crippen molar-refractivity contribution < 1.29 is 4.79 Å². The van der Waals surface area contributed by atoms with E-state index in [0.717, 1.165) is 5.56 Å². The third-order valence-corrected chi connectivity index (χ3v) is 2.64. The Morgan fingerprint density at radius 3 is 1.88 bits per heavy atom. The predicted octanol–water partition coefficient (Wildman–Crippen LogP) is 4.93. The minimum absolute atomic E-state index is 0.0835. The Labute approximate surface area is 124 Å². The summed E-state index contributed by atoms with van der Waals surface area (Å²) in [5.74, 6) is 0.299. The summed E-state index contributed by atoms with van der Waals surface area (Å²) in [6.07, 6.45) is 2.03. The van der Waals surface area contributed by atoms with E-state index in [1.54, 1.807) is 11.8 Å². The van der Waals surface area contributed by atoms with Crippen molar-refractivity contribution in [2.75, 3.05) is 6.26 Å². The third-order valence-electron chi connectivity index (χ3n) is 1.90. The quantitative estimate of drug-likeness (QED) is 0.444. The van der Waals surface area contributed by atoms with E-state index in [1.165, 1.54) is 4.90 Å². The molecular weight excluding hydrogens is 314 g/mol. The SMILES string of the molecule is CSc1ccc(C(=O)C(C)C)cc1.[Cl][Al]([Cl])[Cl]. The first-order chi connectivity index (χ1) is 7.88. The maximum absolute atomic E-state index is 11.5. The molecule has 94 valence electrons. The zero-order chi connectivity index (χ0) is 13.4. The number of ketones is 1. The minimum atomic E-state index is -1.72. The van der Waals surface area contributed by atoms with Crippen LogP contribution >= 0.6 is 41.9 Å². The van der Waals surface area contributed by atoms with E-state index in [4.69, 9.17) is 30.1 Å². The average molecular weight is 328 g/mol. The monoisotopic (exact) mass is 326 g/mol. The van der Waals surface area contributed by atoms with Gasteiger partial charge in [-0.25, -0.2) is 30.1 Å². The average Bonchev–Trinajstić information content (AvgIpc) is 2.27. The van der Waals surface area contributed by atoms with Crippen LogP contribution in [0, 0.1) is 5.92 Å². The molecule has 0 aliphatic carbocycles. The molecule has 0 atom stereocenters. The minimum Gasteiger partial charge on any atom is -0.294 e. The lowest BCUT2D eigenvalue weighted by Crippen LogP contribution is -2.06. The number of halogens is 3. The summed E-state index contributed by atoms with van der Waals surface area (Å²) in [6, 6.07) is 7.77. The summed E-state index contributed by atoms with van der Waals surface area (Å²) >= 11 is -0.0359. The first-order valence-electron chi connectivity index (χ1n) is 4.99. The number of carbonyl (C=O) groups is 1. The van der Waals surface area contributed by atoms with Gasteiger partial charge in [0.05, 0.1) is 0 Å². The molecule has 1 aromatic rings. The van der Waals surface area contributed by atoms with Crippen LogP contribution in [0.1, 0.15) is 24.2 Å². The van der Waals surface area contributed by atoms with Gasteiger partial charge in [-0.15, -0.1) is 11.8 Å². The van der Waals surface area contributed by atoms with Gasteiger partial charge >= 0.3 is 11.4 Å². The fraction of sp³-hybridized carbons (Fsp3) is 0.364. The molecule has 0 bridgehead atoms. The standard InChI is InChI=1S/C11H14OS.Al.3ClH/c1-8(2)11(12)9-4-6-10(13-3)7-5-9;;;;/h4-8H,1-3H3;;3*1H/q;+3;;;/p-3. The van der Waals surface area contributed by atoms with Crippen molar-refractivity contribution in [3.63, 3.8) is 0 Å². The molecule has 0 heterocycles. The number of carbonyl (C=O) groups excluding carboxylic acids is 1. The summed E-state index contributed by atoms with van der Waals surface area (Å²) in [7, 11) is 14.8. The van der Waals surface area contributed by atoms with E-state index in [2.05, 4.69) is 0 Å². The van der Waals surface area contributed by atoms with Crippen LogP contribution in [-0.2, 0) is 0 Å². The van der Waals surface area contributed by atoms with Crippen LogP contribution in [-0.4, -0.2) is 23.4 Å². The smallest absolute Gasteiger partial charge is 0.294 e. The van der Waals surface area contributed by atoms with Gasteiger partial charge in [0.1, 0.15) is 0 Å². The first-order valence-corrected chi connectivity index (χ1v) is 11.4. The van der Waals surface area contributed by atoms with E-state index < -0.39 is 11.4 Å². The summed E-state index contributed by atoms with van der Waals surface area (Å²) in [6.45, 7) is 3.84. The van der Waals surface area contributed by atoms with Crippen molar-refractivity contribution in [2.45, 2.75) is 18.7 Å². The summed E-state index contributed by atoms with van der Waals surface area (Å²) < 4.78 is 0. The zero-order valence-electron chi connectivity index (χ0n) is 9.91. The Bertz CT molecular complexity index is 338. The van der Waals surface area contributed by atoms with Crippen molar-refractivity contribution in [1.29, 1.82) is 0 Å². The second-order valence-corrected chi connectivity index (χ2v) is 10.8. The Hall–Kier alpha value is 0.642. The maximum atomic E-state index is 11.5. The maximum Gasteiger partial charge on any atom is 0.643 e. The zero-order valence-corrected chi connectivity index (χ0v) is 14.2. The van der Waals surface area contributed by atoms with Crippen molar-refractivity contribution in [2.24, 2.45) is 5.92 Å². The molecule has 17 heavy (non-hydrogen) atoms. The molecule has 0 N–H and O–H groups in total. The van der Waals surface area contributed by atoms with Gasteiger partial charge in [0.15, 0.2) is 5.78 Å². The fourth-order valence-corrected chi connectivity index (χ4v) is 1.50. The van der Waals surface area contributed by atoms with Gasteiger partial charge in [0, 0.05) is 16.4 Å². The van der Waals surface area contributed by atoms with Crippen molar-refractivity contribution in [1.82, 2.24) is 0 Å². The Morgan fingerprint density at radius 1 is 1.18 bits per heavy atom. The van der Waals surface area contributed by atoms with Gasteiger partial charge in [0.2, 0.25) is 0 Å². The van der Waals surface area contributed by atoms with Crippen LogP contribution in [0.25, 0.3) is 0 Å². The Morgan fingerprint density at radius 2 is 1.59 bits per heavy atom. The lowest BCUT2D eigenvalue weighted by Gasteiger charge is -2.04. The molecule has 0 saturated heterocycles. The molecule has 0 unspecified atom stereocenters. The molecule has 0 aliphatic rings. The van der Waals surface area contributed by atoms with Crippen molar-refractivity contribution >= 4 is 59.1 Å². The van der Waals surface area contributed by atoms with Crippen LogP contribution in [0.15, 0.2) is 29.2 Å². The fourth-order valence-electron chi connectivity index (χ4n) is 1.09. The lowest BCUT2D eigenvalue weighted by molar-refractivity contribution is 0.0939. The van der Waals surface area contributed by atoms with E-state index in [0.29, 0.717) is 0 Å². The number of thioether (sulfide) groups is 1. The molecule has 0 fully saturated rings. The number of rotatable bonds is 3. The second-order valence-electron chi connectivity index (χ2n) is 3.49. The normalized spacial score (nSPS) is 9.59. The molecule has 6 heteroatoms. The molecule has 1 aromatic carbocycles. The van der Waals surface area contributed by atoms with Gasteiger partial charge < -0.3 is 0 Å². The molecule has 0 amide bonds. The van der Waals surface area contributed by atoms with Crippen LogP contribution in [0.4, 0.5) is 0 Å². The van der Waals surface area contributed by atoms with Crippen LogP contribution in [0.5, 0.6) is 0 Å². The van der Waals surface area contributed by atoms with Gasteiger partial charge in [-0.1, -0.05) is 26.0 Å². The molecule has 1 rings (SSSR count). The molecule has 0 spiro atoms. The summed E-state index contributed by atoms with van der Waals surface area (Å²) in [5, 5.41) is 0. The van der Waals surface area contributed by atoms with Crippen LogP contribution in [0.2, 0.25) is 0 Å². The van der Waals surface area contributed by atoms with Gasteiger partial charge in [-0.3, -0.25) is 4.79 Å². The highest BCUT2D eigenvalue weighted by Crippen LogP contribution is 2.16. The second kappa shape index (κ2) is 9.56. The molecular formula is C11H14AlCl3OS.